The SMILES string of the molecule is CCn1c(OC(C)C)nnc1[C@@H](C)NS(=O)(=O)c1ccc(C)c(F)c1. The summed E-state index contributed by atoms with van der Waals surface area (Å²) in [6.07, 6.45) is -0.0788. The van der Waals surface area contributed by atoms with Crippen LogP contribution >= 0.6 is 0 Å². The standard InChI is InChI=1S/C16H23FN4O3S/c1-6-21-15(18-19-16(21)24-10(2)3)12(5)20-25(22,23)13-8-7-11(4)14(17)9-13/h7-10,12,20H,6H2,1-5H3/t12-/m1/s1. The van der Waals surface area contributed by atoms with Gasteiger partial charge in [0.2, 0.25) is 10.0 Å². The van der Waals surface area contributed by atoms with Crippen molar-refractivity contribution in [1.82, 2.24) is 19.5 Å². The van der Waals surface area contributed by atoms with Crippen LogP contribution in [0.3, 0.4) is 0 Å². The Morgan fingerprint density at radius 2 is 1.96 bits per heavy atom. The normalized spacial score (nSPS) is 13.2. The number of nitrogens with zero attached hydrogens (tertiary/aromatic N) is 3. The number of ether oxygens (including phenoxy) is 1. The molecule has 9 heteroatoms. The van der Waals surface area contributed by atoms with E-state index in [1.165, 1.54) is 12.1 Å². The third kappa shape index (κ3) is 4.35. The Kier molecular flexibility index (Phi) is 5.79. The van der Waals surface area contributed by atoms with Gasteiger partial charge >= 0.3 is 6.01 Å². The molecule has 0 saturated heterocycles. The van der Waals surface area contributed by atoms with Gasteiger partial charge in [0.25, 0.3) is 0 Å². The number of hydrogen-bond acceptors (Lipinski definition) is 5. The number of nitrogens with one attached hydrogen (secondary N) is 1. The fourth-order valence-corrected chi connectivity index (χ4v) is 3.52. The van der Waals surface area contributed by atoms with Crippen molar-refractivity contribution in [3.8, 4) is 6.01 Å². The average Bonchev–Trinajstić information content (AvgIpc) is 2.91. The van der Waals surface area contributed by atoms with E-state index in [1.807, 2.05) is 20.8 Å². The maximum absolute atomic E-state index is 13.7. The van der Waals surface area contributed by atoms with E-state index in [9.17, 15) is 12.8 Å². The first kappa shape index (κ1) is 19.3. The largest absolute Gasteiger partial charge is 0.461 e. The van der Waals surface area contributed by atoms with Crippen LogP contribution in [0.25, 0.3) is 0 Å². The molecule has 25 heavy (non-hydrogen) atoms. The van der Waals surface area contributed by atoms with Crippen molar-refractivity contribution in [3.63, 3.8) is 0 Å². The fourth-order valence-electron chi connectivity index (χ4n) is 2.31. The second-order valence-corrected chi connectivity index (χ2v) is 7.72. The highest BCUT2D eigenvalue weighted by Crippen LogP contribution is 2.21. The first-order chi connectivity index (χ1) is 11.7. The Hall–Kier alpha value is -2.00. The van der Waals surface area contributed by atoms with E-state index in [4.69, 9.17) is 4.74 Å². The van der Waals surface area contributed by atoms with E-state index < -0.39 is 21.9 Å². The van der Waals surface area contributed by atoms with Gasteiger partial charge in [-0.2, -0.15) is 0 Å². The molecule has 0 fully saturated rings. The lowest BCUT2D eigenvalue weighted by Crippen LogP contribution is -2.29. The quantitative estimate of drug-likeness (QED) is 0.809. The Bertz CT molecular complexity index is 849. The number of aromatic nitrogens is 3. The van der Waals surface area contributed by atoms with Gasteiger partial charge in [0.1, 0.15) is 5.82 Å². The summed E-state index contributed by atoms with van der Waals surface area (Å²) in [7, 11) is -3.90. The lowest BCUT2D eigenvalue weighted by atomic mass is 10.2. The summed E-state index contributed by atoms with van der Waals surface area (Å²) in [5.74, 6) is -0.144. The highest BCUT2D eigenvalue weighted by molar-refractivity contribution is 7.89. The van der Waals surface area contributed by atoms with Crippen LogP contribution in [0.2, 0.25) is 0 Å². The molecule has 0 aliphatic rings. The van der Waals surface area contributed by atoms with Gasteiger partial charge in [-0.15, -0.1) is 5.10 Å². The van der Waals surface area contributed by atoms with E-state index >= 15 is 0 Å². The molecular formula is C16H23FN4O3S. The minimum atomic E-state index is -3.90. The van der Waals surface area contributed by atoms with Gasteiger partial charge in [-0.05, 0) is 52.3 Å². The van der Waals surface area contributed by atoms with Crippen LogP contribution in [0.5, 0.6) is 6.01 Å². The molecule has 1 heterocycles. The molecule has 1 aromatic heterocycles. The summed E-state index contributed by atoms with van der Waals surface area (Å²) >= 11 is 0. The molecule has 1 N–H and O–H groups in total. The van der Waals surface area contributed by atoms with Crippen molar-refractivity contribution < 1.29 is 17.5 Å². The van der Waals surface area contributed by atoms with Crippen molar-refractivity contribution in [2.45, 2.75) is 58.2 Å². The fraction of sp³-hybridized carbons (Fsp3) is 0.500. The van der Waals surface area contributed by atoms with Crippen molar-refractivity contribution in [3.05, 3.63) is 35.4 Å². The molecule has 1 aromatic carbocycles. The average molecular weight is 370 g/mol. The second-order valence-electron chi connectivity index (χ2n) is 6.01. The summed E-state index contributed by atoms with van der Waals surface area (Å²) in [6, 6.07) is 3.47. The van der Waals surface area contributed by atoms with Gasteiger partial charge in [-0.3, -0.25) is 4.57 Å². The van der Waals surface area contributed by atoms with Crippen molar-refractivity contribution in [1.29, 1.82) is 0 Å². The highest BCUT2D eigenvalue weighted by Gasteiger charge is 2.24. The van der Waals surface area contributed by atoms with E-state index in [0.717, 1.165) is 6.07 Å². The van der Waals surface area contributed by atoms with E-state index in [0.29, 0.717) is 23.9 Å². The molecule has 0 aliphatic heterocycles. The topological polar surface area (TPSA) is 86.1 Å². The van der Waals surface area contributed by atoms with Gasteiger partial charge in [-0.1, -0.05) is 11.2 Å². The summed E-state index contributed by atoms with van der Waals surface area (Å²) < 4.78 is 48.4. The lowest BCUT2D eigenvalue weighted by molar-refractivity contribution is 0.211. The second kappa shape index (κ2) is 7.49. The predicted molar refractivity (Wildman–Crippen MR) is 91.3 cm³/mol. The van der Waals surface area contributed by atoms with Crippen LogP contribution < -0.4 is 9.46 Å². The molecule has 2 aromatic rings. The number of aryl methyl sites for hydroxylation is 1. The van der Waals surface area contributed by atoms with Crippen LogP contribution in [0, 0.1) is 12.7 Å². The zero-order valence-electron chi connectivity index (χ0n) is 14.9. The molecule has 7 nitrogen and oxygen atoms in total. The van der Waals surface area contributed by atoms with E-state index in [2.05, 4.69) is 14.9 Å². The van der Waals surface area contributed by atoms with Gasteiger partial charge in [0, 0.05) is 6.54 Å². The molecule has 1 atom stereocenters. The Balaban J connectivity index is 2.27. The van der Waals surface area contributed by atoms with Crippen LogP contribution in [0.15, 0.2) is 23.1 Å². The monoisotopic (exact) mass is 370 g/mol. The zero-order chi connectivity index (χ0) is 18.8. The third-order valence-corrected chi connectivity index (χ3v) is 5.11. The van der Waals surface area contributed by atoms with Gasteiger partial charge in [0.15, 0.2) is 5.82 Å². The summed E-state index contributed by atoms with van der Waals surface area (Å²) in [5.41, 5.74) is 0.383. The van der Waals surface area contributed by atoms with Crippen molar-refractivity contribution in [2.75, 3.05) is 0 Å². The minimum Gasteiger partial charge on any atom is -0.461 e. The lowest BCUT2D eigenvalue weighted by Gasteiger charge is -2.16. The van der Waals surface area contributed by atoms with Crippen molar-refractivity contribution in [2.24, 2.45) is 0 Å². The van der Waals surface area contributed by atoms with Gasteiger partial charge < -0.3 is 4.74 Å². The number of benzene rings is 1. The highest BCUT2D eigenvalue weighted by atomic mass is 32.2. The summed E-state index contributed by atoms with van der Waals surface area (Å²) in [4.78, 5) is -0.135. The first-order valence-electron chi connectivity index (χ1n) is 8.04. The molecule has 0 saturated carbocycles. The summed E-state index contributed by atoms with van der Waals surface area (Å²) in [5, 5.41) is 8.01. The molecular weight excluding hydrogens is 347 g/mol. The number of sulfonamides is 1. The smallest absolute Gasteiger partial charge is 0.317 e. The number of hydrogen-bond donors (Lipinski definition) is 1. The molecule has 0 unspecified atom stereocenters. The maximum atomic E-state index is 13.7. The Morgan fingerprint density at radius 3 is 2.52 bits per heavy atom. The Morgan fingerprint density at radius 1 is 1.28 bits per heavy atom. The molecule has 0 amide bonds. The number of halogens is 1. The minimum absolute atomic E-state index is 0.0788. The molecule has 0 aliphatic carbocycles. The zero-order valence-corrected chi connectivity index (χ0v) is 15.8. The van der Waals surface area contributed by atoms with Gasteiger partial charge in [-0.25, -0.2) is 17.5 Å². The predicted octanol–water partition coefficient (Wildman–Crippen LogP) is 2.57. The van der Waals surface area contributed by atoms with Crippen LogP contribution in [0.1, 0.15) is 45.1 Å². The molecule has 0 radical (unpaired) electrons. The first-order valence-corrected chi connectivity index (χ1v) is 9.52. The number of rotatable bonds is 7. The maximum Gasteiger partial charge on any atom is 0.317 e. The van der Waals surface area contributed by atoms with Crippen molar-refractivity contribution >= 4 is 10.0 Å². The molecule has 0 bridgehead atoms. The molecule has 0 spiro atoms. The molecule has 138 valence electrons. The van der Waals surface area contributed by atoms with E-state index in [-0.39, 0.29) is 11.0 Å². The van der Waals surface area contributed by atoms with Gasteiger partial charge in [0.05, 0.1) is 17.0 Å². The van der Waals surface area contributed by atoms with E-state index in [1.54, 1.807) is 18.4 Å². The Labute approximate surface area is 147 Å². The van der Waals surface area contributed by atoms with Crippen LogP contribution in [-0.2, 0) is 16.6 Å². The van der Waals surface area contributed by atoms with Crippen LogP contribution in [-0.4, -0.2) is 29.3 Å². The third-order valence-electron chi connectivity index (χ3n) is 3.58. The van der Waals surface area contributed by atoms with Crippen LogP contribution in [0.4, 0.5) is 4.39 Å². The summed E-state index contributed by atoms with van der Waals surface area (Å²) in [6.45, 7) is 9.37. The molecule has 2 rings (SSSR count).